The largest absolute Gasteiger partial charge is 0.326 e. The van der Waals surface area contributed by atoms with Gasteiger partial charge >= 0.3 is 0 Å². The lowest BCUT2D eigenvalue weighted by Gasteiger charge is -2.36. The van der Waals surface area contributed by atoms with Gasteiger partial charge in [-0.2, -0.15) is 4.31 Å². The molecule has 1 fully saturated rings. The van der Waals surface area contributed by atoms with Crippen LogP contribution in [0.4, 0.5) is 0 Å². The van der Waals surface area contributed by atoms with E-state index in [1.807, 2.05) is 0 Å². The number of primary sulfonamides is 1. The fraction of sp³-hybridized carbons (Fsp3) is 0.538. The molecular formula is C13H21N3O4S2. The zero-order valence-electron chi connectivity index (χ0n) is 12.3. The number of nitrogens with zero attached hydrogens (tertiary/aromatic N) is 1. The van der Waals surface area contributed by atoms with E-state index < -0.39 is 20.0 Å². The zero-order chi connectivity index (χ0) is 16.5. The summed E-state index contributed by atoms with van der Waals surface area (Å²) in [5.74, 6) is 0. The Morgan fingerprint density at radius 1 is 1.18 bits per heavy atom. The highest BCUT2D eigenvalue weighted by molar-refractivity contribution is 7.90. The number of sulfonamides is 2. The Morgan fingerprint density at radius 3 is 2.41 bits per heavy atom. The average molecular weight is 347 g/mol. The molecule has 0 bridgehead atoms. The van der Waals surface area contributed by atoms with E-state index in [1.54, 1.807) is 6.92 Å². The van der Waals surface area contributed by atoms with E-state index in [2.05, 4.69) is 0 Å². The summed E-state index contributed by atoms with van der Waals surface area (Å²) < 4.78 is 49.8. The first-order valence-electron chi connectivity index (χ1n) is 7.04. The molecule has 0 saturated carbocycles. The first kappa shape index (κ1) is 17.4. The summed E-state index contributed by atoms with van der Waals surface area (Å²) in [6.45, 7) is 2.16. The second-order valence-electron chi connectivity index (χ2n) is 5.56. The fourth-order valence-corrected chi connectivity index (χ4v) is 5.16. The summed E-state index contributed by atoms with van der Waals surface area (Å²) in [6.07, 6.45) is 2.39. The summed E-state index contributed by atoms with van der Waals surface area (Å²) in [5, 5.41) is 5.07. The van der Waals surface area contributed by atoms with E-state index in [0.717, 1.165) is 18.9 Å². The summed E-state index contributed by atoms with van der Waals surface area (Å²) in [4.78, 5) is -0.297. The van der Waals surface area contributed by atoms with Crippen LogP contribution in [0.5, 0.6) is 0 Å². The number of rotatable bonds is 4. The molecule has 2 rings (SSSR count). The van der Waals surface area contributed by atoms with Gasteiger partial charge in [-0.05, 0) is 38.0 Å². The average Bonchev–Trinajstić information content (AvgIpc) is 2.46. The lowest BCUT2D eigenvalue weighted by molar-refractivity contribution is 0.227. The molecule has 1 heterocycles. The Balaban J connectivity index is 2.46. The number of nitrogens with two attached hydrogens (primary N) is 2. The van der Waals surface area contributed by atoms with Gasteiger partial charge in [-0.25, -0.2) is 22.0 Å². The normalized spacial score (nSPS) is 22.4. The van der Waals surface area contributed by atoms with Crippen LogP contribution in [0.15, 0.2) is 34.1 Å². The topological polar surface area (TPSA) is 124 Å². The van der Waals surface area contributed by atoms with Gasteiger partial charge in [0.2, 0.25) is 20.0 Å². The maximum Gasteiger partial charge on any atom is 0.243 e. The molecule has 2 unspecified atom stereocenters. The Morgan fingerprint density at radius 2 is 1.82 bits per heavy atom. The fourth-order valence-electron chi connectivity index (χ4n) is 2.70. The molecule has 1 aliphatic rings. The minimum absolute atomic E-state index is 0.0772. The summed E-state index contributed by atoms with van der Waals surface area (Å²) >= 11 is 0. The van der Waals surface area contributed by atoms with Crippen molar-refractivity contribution in [3.05, 3.63) is 24.3 Å². The molecule has 0 aliphatic carbocycles. The van der Waals surface area contributed by atoms with Gasteiger partial charge < -0.3 is 5.73 Å². The number of benzene rings is 1. The molecule has 0 spiro atoms. The van der Waals surface area contributed by atoms with Crippen molar-refractivity contribution in [2.75, 3.05) is 6.54 Å². The van der Waals surface area contributed by atoms with Crippen molar-refractivity contribution in [1.29, 1.82) is 0 Å². The molecule has 0 radical (unpaired) electrons. The van der Waals surface area contributed by atoms with Crippen LogP contribution in [0, 0.1) is 0 Å². The summed E-state index contributed by atoms with van der Waals surface area (Å²) in [5.41, 5.74) is 5.91. The molecule has 7 nitrogen and oxygen atoms in total. The Labute approximate surface area is 131 Å². The van der Waals surface area contributed by atoms with Crippen LogP contribution in [0.1, 0.15) is 26.2 Å². The van der Waals surface area contributed by atoms with E-state index in [-0.39, 0.29) is 21.9 Å². The molecule has 1 aromatic carbocycles. The van der Waals surface area contributed by atoms with Gasteiger partial charge in [0, 0.05) is 18.6 Å². The molecule has 4 N–H and O–H groups in total. The smallest absolute Gasteiger partial charge is 0.243 e. The monoisotopic (exact) mass is 347 g/mol. The molecule has 0 aromatic heterocycles. The molecule has 124 valence electrons. The lowest BCUT2D eigenvalue weighted by atomic mass is 10.00. The SMILES string of the molecule is CC(N)C1CCCCN1S(=O)(=O)c1cccc(S(N)(=O)=O)c1. The Bertz CT molecular complexity index is 744. The van der Waals surface area contributed by atoms with Gasteiger partial charge in [0.25, 0.3) is 0 Å². The van der Waals surface area contributed by atoms with E-state index in [0.29, 0.717) is 13.0 Å². The van der Waals surface area contributed by atoms with E-state index >= 15 is 0 Å². The van der Waals surface area contributed by atoms with Crippen molar-refractivity contribution in [2.45, 2.75) is 48.1 Å². The van der Waals surface area contributed by atoms with E-state index in [9.17, 15) is 16.8 Å². The van der Waals surface area contributed by atoms with Crippen LogP contribution in [0.2, 0.25) is 0 Å². The van der Waals surface area contributed by atoms with Crippen LogP contribution in [0.25, 0.3) is 0 Å². The molecule has 22 heavy (non-hydrogen) atoms. The quantitative estimate of drug-likeness (QED) is 0.806. The molecule has 1 aliphatic heterocycles. The number of hydrogen-bond donors (Lipinski definition) is 2. The van der Waals surface area contributed by atoms with Gasteiger partial charge in [-0.3, -0.25) is 0 Å². The van der Waals surface area contributed by atoms with Crippen molar-refractivity contribution < 1.29 is 16.8 Å². The summed E-state index contributed by atoms with van der Waals surface area (Å²) in [6, 6.07) is 4.53. The predicted octanol–water partition coefficient (Wildman–Crippen LogP) is 0.224. The minimum atomic E-state index is -3.95. The highest BCUT2D eigenvalue weighted by atomic mass is 32.2. The van der Waals surface area contributed by atoms with Crippen LogP contribution in [-0.2, 0) is 20.0 Å². The predicted molar refractivity (Wildman–Crippen MR) is 83.0 cm³/mol. The molecule has 1 aromatic rings. The highest BCUT2D eigenvalue weighted by Crippen LogP contribution is 2.27. The molecule has 1 saturated heterocycles. The molecule has 9 heteroatoms. The lowest BCUT2D eigenvalue weighted by Crippen LogP contribution is -2.51. The number of piperidine rings is 1. The van der Waals surface area contributed by atoms with E-state index in [1.165, 1.54) is 22.5 Å². The van der Waals surface area contributed by atoms with Crippen LogP contribution >= 0.6 is 0 Å². The first-order valence-corrected chi connectivity index (χ1v) is 10.0. The van der Waals surface area contributed by atoms with E-state index in [4.69, 9.17) is 10.9 Å². The maximum absolute atomic E-state index is 12.8. The Kier molecular flexibility index (Phi) is 4.93. The van der Waals surface area contributed by atoms with Gasteiger partial charge in [0.05, 0.1) is 9.79 Å². The van der Waals surface area contributed by atoms with Crippen molar-refractivity contribution in [1.82, 2.24) is 4.31 Å². The first-order chi connectivity index (χ1) is 10.1. The van der Waals surface area contributed by atoms with Crippen LogP contribution < -0.4 is 10.9 Å². The molecule has 0 amide bonds. The molecule has 2 atom stereocenters. The van der Waals surface area contributed by atoms with Gasteiger partial charge in [-0.1, -0.05) is 12.5 Å². The summed E-state index contributed by atoms with van der Waals surface area (Å²) in [7, 11) is -7.76. The van der Waals surface area contributed by atoms with Gasteiger partial charge in [0.15, 0.2) is 0 Å². The second kappa shape index (κ2) is 6.25. The second-order valence-corrected chi connectivity index (χ2v) is 9.01. The van der Waals surface area contributed by atoms with Crippen molar-refractivity contribution in [2.24, 2.45) is 10.9 Å². The third kappa shape index (κ3) is 3.49. The van der Waals surface area contributed by atoms with Crippen molar-refractivity contribution in [3.8, 4) is 0 Å². The van der Waals surface area contributed by atoms with Gasteiger partial charge in [-0.15, -0.1) is 0 Å². The van der Waals surface area contributed by atoms with Crippen molar-refractivity contribution >= 4 is 20.0 Å². The minimum Gasteiger partial charge on any atom is -0.326 e. The highest BCUT2D eigenvalue weighted by Gasteiger charge is 2.35. The Hall–Kier alpha value is -1.00. The third-order valence-electron chi connectivity index (χ3n) is 3.85. The maximum atomic E-state index is 12.8. The standard InChI is InChI=1S/C13H21N3O4S2/c1-10(14)13-7-2-3-8-16(13)22(19,20)12-6-4-5-11(9-12)21(15,17)18/h4-6,9-10,13H,2-3,7-8,14H2,1H3,(H2,15,17,18). The van der Waals surface area contributed by atoms with Crippen molar-refractivity contribution in [3.63, 3.8) is 0 Å². The third-order valence-corrected chi connectivity index (χ3v) is 6.68. The van der Waals surface area contributed by atoms with Gasteiger partial charge in [0.1, 0.15) is 0 Å². The van der Waals surface area contributed by atoms with Crippen LogP contribution in [-0.4, -0.2) is 39.8 Å². The van der Waals surface area contributed by atoms with Crippen LogP contribution in [0.3, 0.4) is 0 Å². The molecular weight excluding hydrogens is 326 g/mol. The zero-order valence-corrected chi connectivity index (χ0v) is 14.0. The number of hydrogen-bond acceptors (Lipinski definition) is 5.